The van der Waals surface area contributed by atoms with Crippen LogP contribution in [0, 0.1) is 0 Å². The van der Waals surface area contributed by atoms with E-state index in [4.69, 9.17) is 14.2 Å². The Morgan fingerprint density at radius 3 is 1.97 bits per heavy atom. The standard InChI is InChI=1S/C23H20N2O5/c1-28-21-7-5-4-6-19(21)24-25-20-14-17(23(27)30-3)12-13-18(20)15-8-10-16(11-9-15)22(26)29-2/h4-14H,1-3H3. The highest BCUT2D eigenvalue weighted by atomic mass is 16.5. The van der Waals surface area contributed by atoms with E-state index in [0.29, 0.717) is 28.3 Å². The van der Waals surface area contributed by atoms with E-state index in [0.717, 1.165) is 11.1 Å². The van der Waals surface area contributed by atoms with Crippen LogP contribution in [0.1, 0.15) is 20.7 Å². The van der Waals surface area contributed by atoms with Crippen molar-refractivity contribution in [2.75, 3.05) is 21.3 Å². The lowest BCUT2D eigenvalue weighted by molar-refractivity contribution is 0.0592. The maximum Gasteiger partial charge on any atom is 0.337 e. The number of para-hydroxylation sites is 1. The number of nitrogens with zero attached hydrogens (tertiary/aromatic N) is 2. The van der Waals surface area contributed by atoms with Gasteiger partial charge < -0.3 is 14.2 Å². The van der Waals surface area contributed by atoms with Crippen molar-refractivity contribution < 1.29 is 23.8 Å². The molecule has 0 aromatic heterocycles. The van der Waals surface area contributed by atoms with Crippen molar-refractivity contribution in [2.45, 2.75) is 0 Å². The Morgan fingerprint density at radius 1 is 0.700 bits per heavy atom. The molecule has 3 aromatic carbocycles. The molecule has 0 radical (unpaired) electrons. The number of ether oxygens (including phenoxy) is 3. The van der Waals surface area contributed by atoms with Crippen molar-refractivity contribution in [3.05, 3.63) is 77.9 Å². The largest absolute Gasteiger partial charge is 0.494 e. The number of carbonyl (C=O) groups is 2. The lowest BCUT2D eigenvalue weighted by Crippen LogP contribution is -2.01. The lowest BCUT2D eigenvalue weighted by Gasteiger charge is -2.09. The zero-order chi connectivity index (χ0) is 21.5. The fourth-order valence-electron chi connectivity index (χ4n) is 2.83. The number of esters is 2. The summed E-state index contributed by atoms with van der Waals surface area (Å²) in [5.41, 5.74) is 3.34. The maximum atomic E-state index is 12.0. The molecular formula is C23H20N2O5. The highest BCUT2D eigenvalue weighted by Gasteiger charge is 2.13. The highest BCUT2D eigenvalue weighted by Crippen LogP contribution is 2.34. The summed E-state index contributed by atoms with van der Waals surface area (Å²) in [6, 6.07) is 19.1. The molecule has 0 unspecified atom stereocenters. The van der Waals surface area contributed by atoms with Crippen LogP contribution in [0.5, 0.6) is 5.75 Å². The molecule has 7 heteroatoms. The second-order valence-electron chi connectivity index (χ2n) is 6.16. The Hall–Kier alpha value is -4.00. The molecule has 0 aliphatic carbocycles. The molecule has 0 aliphatic heterocycles. The van der Waals surface area contributed by atoms with Gasteiger partial charge in [0.2, 0.25) is 0 Å². The van der Waals surface area contributed by atoms with Gasteiger partial charge in [-0.1, -0.05) is 30.3 Å². The van der Waals surface area contributed by atoms with E-state index in [1.54, 1.807) is 61.7 Å². The van der Waals surface area contributed by atoms with E-state index in [2.05, 4.69) is 10.2 Å². The number of hydrogen-bond acceptors (Lipinski definition) is 7. The SMILES string of the molecule is COC(=O)c1ccc(-c2ccc(C(=O)OC)cc2N=Nc2ccccc2OC)cc1. The predicted molar refractivity (Wildman–Crippen MR) is 112 cm³/mol. The van der Waals surface area contributed by atoms with Crippen LogP contribution in [0.3, 0.4) is 0 Å². The van der Waals surface area contributed by atoms with Crippen LogP contribution in [0.25, 0.3) is 11.1 Å². The van der Waals surface area contributed by atoms with E-state index in [9.17, 15) is 9.59 Å². The second kappa shape index (κ2) is 9.47. The van der Waals surface area contributed by atoms with Crippen molar-refractivity contribution in [3.63, 3.8) is 0 Å². The van der Waals surface area contributed by atoms with Crippen LogP contribution in [-0.2, 0) is 9.47 Å². The van der Waals surface area contributed by atoms with Gasteiger partial charge in [0.15, 0.2) is 0 Å². The van der Waals surface area contributed by atoms with Crippen LogP contribution in [0.15, 0.2) is 77.0 Å². The van der Waals surface area contributed by atoms with Gasteiger partial charge in [-0.15, -0.1) is 10.2 Å². The van der Waals surface area contributed by atoms with E-state index < -0.39 is 11.9 Å². The van der Waals surface area contributed by atoms with Gasteiger partial charge in [0, 0.05) is 5.56 Å². The molecule has 0 heterocycles. The predicted octanol–water partition coefficient (Wildman–Crippen LogP) is 5.35. The van der Waals surface area contributed by atoms with Crippen LogP contribution in [0.4, 0.5) is 11.4 Å². The first-order valence-corrected chi connectivity index (χ1v) is 9.03. The van der Waals surface area contributed by atoms with Gasteiger partial charge in [-0.2, -0.15) is 0 Å². The van der Waals surface area contributed by atoms with Gasteiger partial charge in [-0.05, 0) is 42.0 Å². The fraction of sp³-hybridized carbons (Fsp3) is 0.130. The molecule has 0 N–H and O–H groups in total. The van der Waals surface area contributed by atoms with Crippen LogP contribution < -0.4 is 4.74 Å². The summed E-state index contributed by atoms with van der Waals surface area (Å²) in [7, 11) is 4.20. The van der Waals surface area contributed by atoms with Crippen LogP contribution >= 0.6 is 0 Å². The Labute approximate surface area is 173 Å². The molecule has 0 bridgehead atoms. The summed E-state index contributed by atoms with van der Waals surface area (Å²) in [4.78, 5) is 23.7. The molecule has 0 amide bonds. The summed E-state index contributed by atoms with van der Waals surface area (Å²) in [5.74, 6) is -0.315. The molecule has 7 nitrogen and oxygen atoms in total. The van der Waals surface area contributed by atoms with E-state index in [-0.39, 0.29) is 0 Å². The highest BCUT2D eigenvalue weighted by molar-refractivity contribution is 5.93. The Morgan fingerprint density at radius 2 is 1.30 bits per heavy atom. The van der Waals surface area contributed by atoms with Crippen molar-refractivity contribution in [2.24, 2.45) is 10.2 Å². The summed E-state index contributed by atoms with van der Waals surface area (Å²) in [6.45, 7) is 0. The minimum absolute atomic E-state index is 0.349. The average molecular weight is 404 g/mol. The Balaban J connectivity index is 2.06. The first-order valence-electron chi connectivity index (χ1n) is 9.03. The fourth-order valence-corrected chi connectivity index (χ4v) is 2.83. The summed E-state index contributed by atoms with van der Waals surface area (Å²) >= 11 is 0. The minimum atomic E-state index is -0.476. The third-order valence-corrected chi connectivity index (χ3v) is 4.39. The molecule has 0 fully saturated rings. The first-order chi connectivity index (χ1) is 14.6. The lowest BCUT2D eigenvalue weighted by atomic mass is 10.0. The van der Waals surface area contributed by atoms with Gasteiger partial charge in [-0.3, -0.25) is 0 Å². The van der Waals surface area contributed by atoms with Crippen molar-refractivity contribution >= 4 is 23.3 Å². The molecule has 0 saturated heterocycles. The Kier molecular flexibility index (Phi) is 6.54. The minimum Gasteiger partial charge on any atom is -0.494 e. The maximum absolute atomic E-state index is 12.0. The van der Waals surface area contributed by atoms with Crippen LogP contribution in [0.2, 0.25) is 0 Å². The van der Waals surface area contributed by atoms with Gasteiger partial charge in [0.1, 0.15) is 11.4 Å². The average Bonchev–Trinajstić information content (AvgIpc) is 2.81. The molecule has 0 spiro atoms. The second-order valence-corrected chi connectivity index (χ2v) is 6.16. The normalized spacial score (nSPS) is 10.6. The third kappa shape index (κ3) is 4.52. The number of benzene rings is 3. The van der Waals surface area contributed by atoms with Gasteiger partial charge >= 0.3 is 11.9 Å². The number of carbonyl (C=O) groups excluding carboxylic acids is 2. The Bertz CT molecular complexity index is 1090. The quantitative estimate of drug-likeness (QED) is 0.408. The van der Waals surface area contributed by atoms with Gasteiger partial charge in [-0.25, -0.2) is 9.59 Å². The van der Waals surface area contributed by atoms with E-state index in [1.807, 2.05) is 12.1 Å². The van der Waals surface area contributed by atoms with Crippen LogP contribution in [-0.4, -0.2) is 33.3 Å². The van der Waals surface area contributed by atoms with Crippen molar-refractivity contribution in [3.8, 4) is 16.9 Å². The molecule has 30 heavy (non-hydrogen) atoms. The van der Waals surface area contributed by atoms with Gasteiger partial charge in [0.05, 0.1) is 38.1 Å². The number of rotatable bonds is 6. The molecule has 3 rings (SSSR count). The van der Waals surface area contributed by atoms with E-state index >= 15 is 0 Å². The third-order valence-electron chi connectivity index (χ3n) is 4.39. The van der Waals surface area contributed by atoms with Gasteiger partial charge in [0.25, 0.3) is 0 Å². The molecule has 152 valence electrons. The molecule has 0 saturated carbocycles. The zero-order valence-corrected chi connectivity index (χ0v) is 16.8. The van der Waals surface area contributed by atoms with E-state index in [1.165, 1.54) is 14.2 Å². The van der Waals surface area contributed by atoms with Crippen molar-refractivity contribution in [1.82, 2.24) is 0 Å². The first kappa shape index (κ1) is 20.7. The molecule has 3 aromatic rings. The topological polar surface area (TPSA) is 86.6 Å². The summed E-state index contributed by atoms with van der Waals surface area (Å²) in [6.07, 6.45) is 0. The molecular weight excluding hydrogens is 384 g/mol. The summed E-state index contributed by atoms with van der Waals surface area (Å²) < 4.78 is 14.8. The molecule has 0 atom stereocenters. The molecule has 0 aliphatic rings. The van der Waals surface area contributed by atoms with Crippen molar-refractivity contribution in [1.29, 1.82) is 0 Å². The monoisotopic (exact) mass is 404 g/mol. The number of methoxy groups -OCH3 is 3. The number of azo groups is 1. The summed E-state index contributed by atoms with van der Waals surface area (Å²) in [5, 5.41) is 8.65. The smallest absolute Gasteiger partial charge is 0.337 e. The zero-order valence-electron chi connectivity index (χ0n) is 16.8. The number of hydrogen-bond donors (Lipinski definition) is 0.